The number of nitrogens with one attached hydrogen (secondary N) is 1. The number of H-pyrrole nitrogens is 1. The monoisotopic (exact) mass is 280 g/mol. The molecule has 1 N–H and O–H groups in total. The standard InChI is InChI=1S/C13H13ClN2O3/c1-2-19-12(17)8-16-11(7-15-13(16)18)9-3-5-10(14)6-4-9/h3-7H,2,8H2,1H3,(H,15,18). The smallest absolute Gasteiger partial charge is 0.326 e. The number of halogens is 1. The molecular formula is C13H13ClN2O3. The number of carbonyl (C=O) groups excluding carboxylic acids is 1. The maximum atomic E-state index is 11.7. The largest absolute Gasteiger partial charge is 0.465 e. The first-order chi connectivity index (χ1) is 9.11. The predicted octanol–water partition coefficient (Wildman–Crippen LogP) is 2.06. The lowest BCUT2D eigenvalue weighted by Gasteiger charge is -2.07. The van der Waals surface area contributed by atoms with E-state index in [2.05, 4.69) is 4.98 Å². The second kappa shape index (κ2) is 5.75. The van der Waals surface area contributed by atoms with Crippen LogP contribution < -0.4 is 5.69 Å². The molecule has 1 aromatic heterocycles. The van der Waals surface area contributed by atoms with Crippen LogP contribution in [0.5, 0.6) is 0 Å². The number of esters is 1. The molecular weight excluding hydrogens is 268 g/mol. The number of nitrogens with zero attached hydrogens (tertiary/aromatic N) is 1. The van der Waals surface area contributed by atoms with Crippen molar-refractivity contribution in [2.45, 2.75) is 13.5 Å². The van der Waals surface area contributed by atoms with E-state index in [9.17, 15) is 9.59 Å². The van der Waals surface area contributed by atoms with Crippen molar-refractivity contribution >= 4 is 17.6 Å². The van der Waals surface area contributed by atoms with Gasteiger partial charge in [-0.05, 0) is 24.6 Å². The van der Waals surface area contributed by atoms with Crippen molar-refractivity contribution in [1.82, 2.24) is 9.55 Å². The molecule has 19 heavy (non-hydrogen) atoms. The van der Waals surface area contributed by atoms with Gasteiger partial charge in [-0.25, -0.2) is 4.79 Å². The summed E-state index contributed by atoms with van der Waals surface area (Å²) in [5, 5.41) is 0.610. The summed E-state index contributed by atoms with van der Waals surface area (Å²) in [6, 6.07) is 7.02. The Morgan fingerprint density at radius 2 is 2.05 bits per heavy atom. The van der Waals surface area contributed by atoms with Gasteiger partial charge in [0.1, 0.15) is 6.54 Å². The van der Waals surface area contributed by atoms with Gasteiger partial charge in [-0.2, -0.15) is 0 Å². The fourth-order valence-electron chi connectivity index (χ4n) is 1.75. The molecule has 1 heterocycles. The fraction of sp³-hybridized carbons (Fsp3) is 0.231. The van der Waals surface area contributed by atoms with Gasteiger partial charge in [0.25, 0.3) is 0 Å². The van der Waals surface area contributed by atoms with Crippen molar-refractivity contribution in [3.63, 3.8) is 0 Å². The molecule has 6 heteroatoms. The average molecular weight is 281 g/mol. The van der Waals surface area contributed by atoms with Crippen molar-refractivity contribution in [3.8, 4) is 11.3 Å². The first kappa shape index (κ1) is 13.4. The molecule has 0 radical (unpaired) electrons. The lowest BCUT2D eigenvalue weighted by molar-refractivity contribution is -0.143. The van der Waals surface area contributed by atoms with E-state index in [0.717, 1.165) is 5.56 Å². The Kier molecular flexibility index (Phi) is 4.06. The molecule has 0 atom stereocenters. The molecule has 0 aliphatic rings. The number of rotatable bonds is 4. The van der Waals surface area contributed by atoms with E-state index < -0.39 is 5.97 Å². The first-order valence-electron chi connectivity index (χ1n) is 5.81. The molecule has 100 valence electrons. The molecule has 0 aliphatic carbocycles. The van der Waals surface area contributed by atoms with E-state index in [4.69, 9.17) is 16.3 Å². The van der Waals surface area contributed by atoms with Crippen LogP contribution in [0.4, 0.5) is 0 Å². The third-order valence-corrected chi connectivity index (χ3v) is 2.85. The zero-order valence-electron chi connectivity index (χ0n) is 10.4. The van der Waals surface area contributed by atoms with Gasteiger partial charge in [-0.3, -0.25) is 9.36 Å². The third-order valence-electron chi connectivity index (χ3n) is 2.60. The number of imidazole rings is 1. The molecule has 0 saturated carbocycles. The molecule has 0 fully saturated rings. The Hall–Kier alpha value is -2.01. The minimum atomic E-state index is -0.445. The molecule has 0 spiro atoms. The van der Waals surface area contributed by atoms with Gasteiger partial charge in [-0.15, -0.1) is 0 Å². The molecule has 0 aliphatic heterocycles. The van der Waals surface area contributed by atoms with Crippen molar-refractivity contribution in [2.24, 2.45) is 0 Å². The number of aromatic amines is 1. The highest BCUT2D eigenvalue weighted by atomic mass is 35.5. The SMILES string of the molecule is CCOC(=O)Cn1c(-c2ccc(Cl)cc2)c[nH]c1=O. The predicted molar refractivity (Wildman–Crippen MR) is 72.1 cm³/mol. The maximum absolute atomic E-state index is 11.7. The van der Waals surface area contributed by atoms with Crippen LogP contribution in [0.25, 0.3) is 11.3 Å². The summed E-state index contributed by atoms with van der Waals surface area (Å²) < 4.78 is 6.18. The molecule has 5 nitrogen and oxygen atoms in total. The summed E-state index contributed by atoms with van der Waals surface area (Å²) in [5.41, 5.74) is 1.07. The maximum Gasteiger partial charge on any atom is 0.326 e. The lowest BCUT2D eigenvalue weighted by atomic mass is 10.2. The summed E-state index contributed by atoms with van der Waals surface area (Å²) in [7, 11) is 0. The molecule has 0 amide bonds. The highest BCUT2D eigenvalue weighted by molar-refractivity contribution is 6.30. The van der Waals surface area contributed by atoms with Crippen LogP contribution in [-0.4, -0.2) is 22.1 Å². The zero-order valence-corrected chi connectivity index (χ0v) is 11.1. The number of ether oxygens (including phenoxy) is 1. The number of aromatic nitrogens is 2. The Labute approximate surface area is 114 Å². The van der Waals surface area contributed by atoms with Crippen LogP contribution >= 0.6 is 11.6 Å². The summed E-state index contributed by atoms with van der Waals surface area (Å²) in [4.78, 5) is 25.7. The van der Waals surface area contributed by atoms with Crippen LogP contribution in [-0.2, 0) is 16.1 Å². The number of hydrogen-bond acceptors (Lipinski definition) is 3. The third kappa shape index (κ3) is 3.06. The van der Waals surface area contributed by atoms with Crippen LogP contribution in [0, 0.1) is 0 Å². The van der Waals surface area contributed by atoms with E-state index in [1.807, 2.05) is 0 Å². The highest BCUT2D eigenvalue weighted by Crippen LogP contribution is 2.20. The van der Waals surface area contributed by atoms with E-state index >= 15 is 0 Å². The van der Waals surface area contributed by atoms with Gasteiger partial charge in [0.2, 0.25) is 0 Å². The first-order valence-corrected chi connectivity index (χ1v) is 6.19. The Morgan fingerprint density at radius 1 is 1.37 bits per heavy atom. The number of hydrogen-bond donors (Lipinski definition) is 1. The quantitative estimate of drug-likeness (QED) is 0.872. The Bertz CT molecular complexity index is 628. The summed E-state index contributed by atoms with van der Waals surface area (Å²) in [6.45, 7) is 1.89. The lowest BCUT2D eigenvalue weighted by Crippen LogP contribution is -2.23. The van der Waals surface area contributed by atoms with Crippen LogP contribution in [0.1, 0.15) is 6.92 Å². The summed E-state index contributed by atoms with van der Waals surface area (Å²) >= 11 is 5.82. The summed E-state index contributed by atoms with van der Waals surface area (Å²) in [6.07, 6.45) is 1.56. The van der Waals surface area contributed by atoms with E-state index in [-0.39, 0.29) is 18.8 Å². The van der Waals surface area contributed by atoms with E-state index in [0.29, 0.717) is 10.7 Å². The van der Waals surface area contributed by atoms with Crippen molar-refractivity contribution in [1.29, 1.82) is 0 Å². The minimum Gasteiger partial charge on any atom is -0.465 e. The highest BCUT2D eigenvalue weighted by Gasteiger charge is 2.12. The summed E-state index contributed by atoms with van der Waals surface area (Å²) in [5.74, 6) is -0.445. The van der Waals surface area contributed by atoms with Gasteiger partial charge in [0, 0.05) is 11.2 Å². The van der Waals surface area contributed by atoms with Gasteiger partial charge in [0.05, 0.1) is 12.3 Å². The minimum absolute atomic E-state index is 0.117. The Balaban J connectivity index is 2.34. The van der Waals surface area contributed by atoms with Gasteiger partial charge < -0.3 is 9.72 Å². The van der Waals surface area contributed by atoms with Gasteiger partial charge in [-0.1, -0.05) is 23.7 Å². The molecule has 2 aromatic rings. The Morgan fingerprint density at radius 3 is 2.68 bits per heavy atom. The van der Waals surface area contributed by atoms with Crippen molar-refractivity contribution in [2.75, 3.05) is 6.61 Å². The van der Waals surface area contributed by atoms with Gasteiger partial charge >= 0.3 is 11.7 Å². The zero-order chi connectivity index (χ0) is 13.8. The van der Waals surface area contributed by atoms with Gasteiger partial charge in [0.15, 0.2) is 0 Å². The van der Waals surface area contributed by atoms with Crippen LogP contribution in [0.2, 0.25) is 5.02 Å². The van der Waals surface area contributed by atoms with Crippen molar-refractivity contribution < 1.29 is 9.53 Å². The molecule has 0 bridgehead atoms. The van der Waals surface area contributed by atoms with E-state index in [1.54, 1.807) is 37.4 Å². The van der Waals surface area contributed by atoms with Crippen LogP contribution in [0.3, 0.4) is 0 Å². The van der Waals surface area contributed by atoms with Crippen LogP contribution in [0.15, 0.2) is 35.3 Å². The fourth-order valence-corrected chi connectivity index (χ4v) is 1.87. The topological polar surface area (TPSA) is 64.1 Å². The second-order valence-corrected chi connectivity index (χ2v) is 4.31. The number of carbonyl (C=O) groups is 1. The molecule has 2 rings (SSSR count). The number of benzene rings is 1. The van der Waals surface area contributed by atoms with Crippen molar-refractivity contribution in [3.05, 3.63) is 46.0 Å². The second-order valence-electron chi connectivity index (χ2n) is 3.88. The van der Waals surface area contributed by atoms with E-state index in [1.165, 1.54) is 4.57 Å². The molecule has 1 aromatic carbocycles. The molecule has 0 saturated heterocycles. The molecule has 0 unspecified atom stereocenters. The average Bonchev–Trinajstić information content (AvgIpc) is 2.73. The normalized spacial score (nSPS) is 10.4.